The molecule has 2 heterocycles. The Balaban J connectivity index is 1.78. The monoisotopic (exact) mass is 439 g/mol. The van der Waals surface area contributed by atoms with E-state index in [-0.39, 0.29) is 5.43 Å². The van der Waals surface area contributed by atoms with Crippen LogP contribution in [0.2, 0.25) is 0 Å². The van der Waals surface area contributed by atoms with Gasteiger partial charge in [-0.25, -0.2) is 0 Å². The van der Waals surface area contributed by atoms with Crippen LogP contribution in [0.25, 0.3) is 33.4 Å². The molecule has 0 bridgehead atoms. The number of fused-ring (bicyclic) bond motifs is 1. The van der Waals surface area contributed by atoms with Crippen molar-refractivity contribution in [2.45, 2.75) is 32.7 Å². The zero-order valence-corrected chi connectivity index (χ0v) is 19.3. The largest absolute Gasteiger partial charge is 0.496 e. The number of hydrogen-bond acceptors (Lipinski definition) is 4. The molecule has 0 radical (unpaired) electrons. The number of nitrogens with zero attached hydrogens (tertiary/aromatic N) is 1. The fraction of sp³-hybridized carbons (Fsp3) is 0.276. The first kappa shape index (κ1) is 21.5. The van der Waals surface area contributed by atoms with E-state index in [1.165, 1.54) is 19.3 Å². The minimum atomic E-state index is -0.0134. The molecule has 4 heteroatoms. The fourth-order valence-electron chi connectivity index (χ4n) is 4.75. The van der Waals surface area contributed by atoms with Crippen molar-refractivity contribution in [2.75, 3.05) is 20.2 Å². The molecule has 0 aliphatic carbocycles. The molecule has 0 amide bonds. The Morgan fingerprint density at radius 3 is 2.30 bits per heavy atom. The van der Waals surface area contributed by atoms with Gasteiger partial charge in [-0.3, -0.25) is 9.69 Å². The Labute approximate surface area is 194 Å². The Kier molecular flexibility index (Phi) is 6.01. The lowest BCUT2D eigenvalue weighted by Gasteiger charge is -2.27. The second kappa shape index (κ2) is 9.24. The van der Waals surface area contributed by atoms with Crippen molar-refractivity contribution in [3.8, 4) is 28.2 Å². The topological polar surface area (TPSA) is 42.7 Å². The number of methoxy groups -OCH3 is 1. The third kappa shape index (κ3) is 4.19. The van der Waals surface area contributed by atoms with Crippen LogP contribution < -0.4 is 10.2 Å². The first-order chi connectivity index (χ1) is 16.2. The molecule has 0 N–H and O–H groups in total. The first-order valence-corrected chi connectivity index (χ1v) is 11.7. The molecule has 5 rings (SSSR count). The molecule has 1 aliphatic heterocycles. The molecule has 1 aliphatic rings. The van der Waals surface area contributed by atoms with E-state index < -0.39 is 0 Å². The number of ether oxygens (including phenoxy) is 1. The number of rotatable bonds is 5. The van der Waals surface area contributed by atoms with Gasteiger partial charge in [0.15, 0.2) is 0 Å². The number of piperidine rings is 1. The van der Waals surface area contributed by atoms with Gasteiger partial charge < -0.3 is 9.15 Å². The summed E-state index contributed by atoms with van der Waals surface area (Å²) in [5.74, 6) is 1.37. The van der Waals surface area contributed by atoms with Crippen LogP contribution in [0.4, 0.5) is 0 Å². The summed E-state index contributed by atoms with van der Waals surface area (Å²) in [4.78, 5) is 16.3. The van der Waals surface area contributed by atoms with Gasteiger partial charge in [-0.05, 0) is 50.6 Å². The molecule has 0 atom stereocenters. The van der Waals surface area contributed by atoms with Crippen LogP contribution in [0, 0.1) is 6.92 Å². The van der Waals surface area contributed by atoms with E-state index >= 15 is 0 Å². The van der Waals surface area contributed by atoms with Crippen LogP contribution in [-0.2, 0) is 6.54 Å². The van der Waals surface area contributed by atoms with Crippen LogP contribution in [0.5, 0.6) is 5.75 Å². The van der Waals surface area contributed by atoms with E-state index in [9.17, 15) is 4.79 Å². The summed E-state index contributed by atoms with van der Waals surface area (Å²) in [6, 6.07) is 21.7. The van der Waals surface area contributed by atoms with Crippen LogP contribution >= 0.6 is 0 Å². The SMILES string of the molecule is COc1ccc2c(=O)c(-c3ccccc3)c(-c3ccc(C)cc3)oc2c1CN1CCCCC1. The summed E-state index contributed by atoms with van der Waals surface area (Å²) < 4.78 is 12.4. The van der Waals surface area contributed by atoms with E-state index in [0.29, 0.717) is 28.8 Å². The lowest BCUT2D eigenvalue weighted by molar-refractivity contribution is 0.218. The maximum absolute atomic E-state index is 13.9. The van der Waals surface area contributed by atoms with Crippen molar-refractivity contribution in [2.24, 2.45) is 0 Å². The average molecular weight is 440 g/mol. The van der Waals surface area contributed by atoms with Gasteiger partial charge in [0.1, 0.15) is 17.1 Å². The first-order valence-electron chi connectivity index (χ1n) is 11.7. The standard InChI is InChI=1S/C29H29NO3/c1-20-11-13-22(14-12-20)28-26(21-9-5-3-6-10-21)27(31)23-15-16-25(32-2)24(29(23)33-28)19-30-17-7-4-8-18-30/h3,5-6,9-16H,4,7-8,17-19H2,1-2H3. The normalized spacial score (nSPS) is 14.5. The minimum absolute atomic E-state index is 0.0134. The molecule has 33 heavy (non-hydrogen) atoms. The van der Waals surface area contributed by atoms with Crippen LogP contribution in [-0.4, -0.2) is 25.1 Å². The lowest BCUT2D eigenvalue weighted by atomic mass is 9.97. The highest BCUT2D eigenvalue weighted by Gasteiger charge is 2.23. The molecule has 1 fully saturated rings. The van der Waals surface area contributed by atoms with Crippen molar-refractivity contribution >= 4 is 11.0 Å². The van der Waals surface area contributed by atoms with Crippen molar-refractivity contribution in [3.05, 3.63) is 88.1 Å². The van der Waals surface area contributed by atoms with E-state index in [2.05, 4.69) is 24.0 Å². The summed E-state index contributed by atoms with van der Waals surface area (Å²) in [5.41, 5.74) is 5.07. The van der Waals surface area contributed by atoms with Gasteiger partial charge >= 0.3 is 0 Å². The number of benzene rings is 3. The highest BCUT2D eigenvalue weighted by atomic mass is 16.5. The van der Waals surface area contributed by atoms with Crippen LogP contribution in [0.3, 0.4) is 0 Å². The smallest absolute Gasteiger partial charge is 0.201 e. The fourth-order valence-corrected chi connectivity index (χ4v) is 4.75. The number of aryl methyl sites for hydroxylation is 1. The van der Waals surface area contributed by atoms with Gasteiger partial charge in [0.05, 0.1) is 23.6 Å². The summed E-state index contributed by atoms with van der Waals surface area (Å²) in [7, 11) is 1.68. The summed E-state index contributed by atoms with van der Waals surface area (Å²) in [5, 5.41) is 0.595. The van der Waals surface area contributed by atoms with Gasteiger partial charge in [-0.1, -0.05) is 66.6 Å². The Morgan fingerprint density at radius 1 is 0.879 bits per heavy atom. The van der Waals surface area contributed by atoms with Crippen molar-refractivity contribution < 1.29 is 9.15 Å². The minimum Gasteiger partial charge on any atom is -0.496 e. The van der Waals surface area contributed by atoms with Gasteiger partial charge in [-0.15, -0.1) is 0 Å². The molecule has 0 saturated carbocycles. The van der Waals surface area contributed by atoms with Gasteiger partial charge in [0.2, 0.25) is 5.43 Å². The Hall–Kier alpha value is -3.37. The number of likely N-dealkylation sites (tertiary alicyclic amines) is 1. The molecule has 4 nitrogen and oxygen atoms in total. The quantitative estimate of drug-likeness (QED) is 0.359. The van der Waals surface area contributed by atoms with Gasteiger partial charge in [-0.2, -0.15) is 0 Å². The second-order valence-electron chi connectivity index (χ2n) is 8.83. The predicted molar refractivity (Wildman–Crippen MR) is 134 cm³/mol. The van der Waals surface area contributed by atoms with Crippen molar-refractivity contribution in [1.29, 1.82) is 0 Å². The highest BCUT2D eigenvalue weighted by Crippen LogP contribution is 2.36. The summed E-state index contributed by atoms with van der Waals surface area (Å²) >= 11 is 0. The molecule has 0 unspecified atom stereocenters. The van der Waals surface area contributed by atoms with Gasteiger partial charge in [0, 0.05) is 12.1 Å². The third-order valence-corrected chi connectivity index (χ3v) is 6.55. The average Bonchev–Trinajstić information content (AvgIpc) is 2.86. The second-order valence-corrected chi connectivity index (χ2v) is 8.83. The van der Waals surface area contributed by atoms with Crippen molar-refractivity contribution in [1.82, 2.24) is 4.90 Å². The molecule has 1 saturated heterocycles. The molecule has 4 aromatic rings. The highest BCUT2D eigenvalue weighted by molar-refractivity contribution is 5.91. The van der Waals surface area contributed by atoms with Crippen molar-refractivity contribution in [3.63, 3.8) is 0 Å². The number of hydrogen-bond donors (Lipinski definition) is 0. The van der Waals surface area contributed by atoms with E-state index in [1.807, 2.05) is 54.6 Å². The Bertz CT molecular complexity index is 1320. The Morgan fingerprint density at radius 2 is 1.61 bits per heavy atom. The zero-order chi connectivity index (χ0) is 22.8. The van der Waals surface area contributed by atoms with Gasteiger partial charge in [0.25, 0.3) is 0 Å². The molecule has 3 aromatic carbocycles. The molecule has 1 aromatic heterocycles. The van der Waals surface area contributed by atoms with Crippen LogP contribution in [0.15, 0.2) is 75.9 Å². The summed E-state index contributed by atoms with van der Waals surface area (Å²) in [6.07, 6.45) is 3.67. The predicted octanol–water partition coefficient (Wildman–Crippen LogP) is 6.43. The van der Waals surface area contributed by atoms with Crippen LogP contribution in [0.1, 0.15) is 30.4 Å². The molecule has 168 valence electrons. The molecular formula is C29H29NO3. The maximum atomic E-state index is 13.9. The molecule has 0 spiro atoms. The van der Waals surface area contributed by atoms with E-state index in [4.69, 9.17) is 9.15 Å². The lowest BCUT2D eigenvalue weighted by Crippen LogP contribution is -2.29. The van der Waals surface area contributed by atoms with E-state index in [0.717, 1.165) is 41.1 Å². The van der Waals surface area contributed by atoms with E-state index in [1.54, 1.807) is 7.11 Å². The maximum Gasteiger partial charge on any atom is 0.201 e. The third-order valence-electron chi connectivity index (χ3n) is 6.55. The summed E-state index contributed by atoms with van der Waals surface area (Å²) in [6.45, 7) is 4.87. The zero-order valence-electron chi connectivity index (χ0n) is 19.3. The molecular weight excluding hydrogens is 410 g/mol.